The number of carboxylic acid groups (broad SMARTS) is 1. The molecule has 6 nitrogen and oxygen atoms in total. The first-order valence-electron chi connectivity index (χ1n) is 4.42. The lowest BCUT2D eigenvalue weighted by Gasteiger charge is -2.04. The number of fused-ring (bicyclic) bond motifs is 1. The monoisotopic (exact) mass is 217 g/mol. The maximum atomic E-state index is 10.6. The van der Waals surface area contributed by atoms with Crippen LogP contribution in [-0.2, 0) is 4.79 Å². The van der Waals surface area contributed by atoms with Gasteiger partial charge in [-0.3, -0.25) is 0 Å². The summed E-state index contributed by atoms with van der Waals surface area (Å²) >= 11 is 0. The number of carbonyl (C=O) groups is 1. The van der Waals surface area contributed by atoms with Crippen LogP contribution in [0.15, 0.2) is 18.2 Å². The molecule has 6 heteroatoms. The first-order valence-corrected chi connectivity index (χ1v) is 4.42. The second-order valence-corrected chi connectivity index (χ2v) is 3.21. The van der Waals surface area contributed by atoms with Crippen LogP contribution in [-0.4, -0.2) is 26.2 Å². The van der Waals surface area contributed by atoms with Gasteiger partial charge >= 0.3 is 5.97 Å². The fourth-order valence-corrected chi connectivity index (χ4v) is 1.39. The minimum absolute atomic E-state index is 0.150. The van der Waals surface area contributed by atoms with Gasteiger partial charge in [0.05, 0.1) is 11.0 Å². The van der Waals surface area contributed by atoms with Crippen LogP contribution in [0.5, 0.6) is 0 Å². The van der Waals surface area contributed by atoms with Crippen LogP contribution in [0.3, 0.4) is 0 Å². The van der Waals surface area contributed by atoms with Gasteiger partial charge in [-0.25, -0.2) is 9.78 Å². The molecule has 1 atom stereocenters. The number of aliphatic carboxylic acids is 1. The summed E-state index contributed by atoms with van der Waals surface area (Å²) in [7, 11) is 0. The highest BCUT2D eigenvalue weighted by Gasteiger charge is 2.16. The van der Waals surface area contributed by atoms with Crippen molar-refractivity contribution in [3.8, 4) is 6.07 Å². The van der Waals surface area contributed by atoms with Crippen LogP contribution in [0.4, 0.5) is 0 Å². The molecule has 3 N–H and O–H groups in total. The summed E-state index contributed by atoms with van der Waals surface area (Å²) in [5.41, 5.74) is 1.32. The van der Waals surface area contributed by atoms with E-state index in [0.29, 0.717) is 11.0 Å². The van der Waals surface area contributed by atoms with Crippen molar-refractivity contribution in [2.24, 2.45) is 0 Å². The Morgan fingerprint density at radius 2 is 2.31 bits per heavy atom. The summed E-state index contributed by atoms with van der Waals surface area (Å²) in [5.74, 6) is -1.17. The number of carboxylic acids is 1. The zero-order valence-electron chi connectivity index (χ0n) is 8.01. The molecule has 0 aliphatic carbocycles. The molecule has 1 aromatic heterocycles. The zero-order chi connectivity index (χ0) is 11.7. The third kappa shape index (κ3) is 1.60. The summed E-state index contributed by atoms with van der Waals surface area (Å²) in [5, 5.41) is 26.6. The third-order valence-electron chi connectivity index (χ3n) is 2.16. The van der Waals surface area contributed by atoms with Crippen molar-refractivity contribution in [3.05, 3.63) is 29.6 Å². The Hall–Kier alpha value is -2.39. The van der Waals surface area contributed by atoms with Crippen LogP contribution in [0.25, 0.3) is 11.0 Å². The molecule has 80 valence electrons. The first-order chi connectivity index (χ1) is 7.61. The van der Waals surface area contributed by atoms with E-state index in [9.17, 15) is 9.90 Å². The van der Waals surface area contributed by atoms with E-state index in [-0.39, 0.29) is 11.4 Å². The molecule has 2 aromatic rings. The Morgan fingerprint density at radius 1 is 1.56 bits per heavy atom. The smallest absolute Gasteiger partial charge is 0.337 e. The van der Waals surface area contributed by atoms with E-state index in [1.54, 1.807) is 6.07 Å². The largest absolute Gasteiger partial charge is 0.479 e. The van der Waals surface area contributed by atoms with Crippen LogP contribution in [0.2, 0.25) is 0 Å². The topological polar surface area (TPSA) is 110 Å². The maximum absolute atomic E-state index is 10.6. The molecular weight excluding hydrogens is 210 g/mol. The Morgan fingerprint density at radius 3 is 2.94 bits per heavy atom. The van der Waals surface area contributed by atoms with Crippen molar-refractivity contribution in [3.63, 3.8) is 0 Å². The summed E-state index contributed by atoms with van der Waals surface area (Å²) in [6.45, 7) is 0. The van der Waals surface area contributed by atoms with Crippen molar-refractivity contribution in [1.82, 2.24) is 9.97 Å². The van der Waals surface area contributed by atoms with Gasteiger partial charge in [-0.15, -0.1) is 0 Å². The quantitative estimate of drug-likeness (QED) is 0.680. The van der Waals surface area contributed by atoms with Gasteiger partial charge in [0.15, 0.2) is 6.10 Å². The Balaban J connectivity index is 2.52. The molecule has 0 saturated heterocycles. The van der Waals surface area contributed by atoms with Crippen LogP contribution < -0.4 is 0 Å². The van der Waals surface area contributed by atoms with Gasteiger partial charge in [-0.1, -0.05) is 6.07 Å². The van der Waals surface area contributed by atoms with E-state index in [2.05, 4.69) is 9.97 Å². The second kappa shape index (κ2) is 3.64. The molecule has 0 radical (unpaired) electrons. The number of aromatic amines is 1. The van der Waals surface area contributed by atoms with Gasteiger partial charge < -0.3 is 15.2 Å². The molecule has 0 aliphatic heterocycles. The van der Waals surface area contributed by atoms with Crippen molar-refractivity contribution < 1.29 is 15.0 Å². The third-order valence-corrected chi connectivity index (χ3v) is 2.16. The number of hydrogen-bond donors (Lipinski definition) is 3. The van der Waals surface area contributed by atoms with Gasteiger partial charge in [0, 0.05) is 0 Å². The minimum Gasteiger partial charge on any atom is -0.479 e. The molecule has 0 fully saturated rings. The summed E-state index contributed by atoms with van der Waals surface area (Å²) < 4.78 is 0. The van der Waals surface area contributed by atoms with Crippen molar-refractivity contribution in [1.29, 1.82) is 5.26 Å². The normalized spacial score (nSPS) is 12.2. The highest BCUT2D eigenvalue weighted by Crippen LogP contribution is 2.19. The molecule has 0 aliphatic rings. The van der Waals surface area contributed by atoms with E-state index in [4.69, 9.17) is 10.4 Å². The Labute approximate surface area is 89.8 Å². The second-order valence-electron chi connectivity index (χ2n) is 3.21. The van der Waals surface area contributed by atoms with Gasteiger partial charge in [-0.2, -0.15) is 5.26 Å². The van der Waals surface area contributed by atoms with E-state index in [1.165, 1.54) is 12.1 Å². The molecule has 0 saturated carbocycles. The van der Waals surface area contributed by atoms with Crippen molar-refractivity contribution >= 4 is 17.0 Å². The predicted octanol–water partition coefficient (Wildman–Crippen LogP) is 0.553. The summed E-state index contributed by atoms with van der Waals surface area (Å²) in [4.78, 5) is 17.2. The number of aromatic nitrogens is 2. The Kier molecular flexibility index (Phi) is 2.31. The number of nitriles is 1. The predicted molar refractivity (Wildman–Crippen MR) is 53.4 cm³/mol. The lowest BCUT2D eigenvalue weighted by molar-refractivity contribution is -0.146. The highest BCUT2D eigenvalue weighted by atomic mass is 16.4. The molecule has 1 heterocycles. The minimum atomic E-state index is -1.57. The average molecular weight is 217 g/mol. The molecule has 0 amide bonds. The average Bonchev–Trinajstić information content (AvgIpc) is 2.69. The zero-order valence-corrected chi connectivity index (χ0v) is 8.01. The Bertz CT molecular complexity index is 597. The van der Waals surface area contributed by atoms with E-state index < -0.39 is 12.1 Å². The fourth-order valence-electron chi connectivity index (χ4n) is 1.39. The summed E-state index contributed by atoms with van der Waals surface area (Å²) in [6, 6.07) is 6.31. The lowest BCUT2D eigenvalue weighted by atomic mass is 10.1. The number of hydrogen-bond acceptors (Lipinski definition) is 4. The summed E-state index contributed by atoms with van der Waals surface area (Å²) in [6.07, 6.45) is -1.57. The number of nitrogens with one attached hydrogen (secondary N) is 1. The fraction of sp³-hybridized carbons (Fsp3) is 0.100. The van der Waals surface area contributed by atoms with Crippen LogP contribution >= 0.6 is 0 Å². The SMILES string of the molecule is N#Cc1nc2ccc(C(O)C(=O)O)cc2[nH]1. The molecular formula is C10H7N3O3. The first kappa shape index (κ1) is 10.1. The number of imidazole rings is 1. The van der Waals surface area contributed by atoms with Gasteiger partial charge in [0.1, 0.15) is 6.07 Å². The number of nitrogens with zero attached hydrogens (tertiary/aromatic N) is 2. The van der Waals surface area contributed by atoms with Gasteiger partial charge in [-0.05, 0) is 17.7 Å². The number of H-pyrrole nitrogens is 1. The lowest BCUT2D eigenvalue weighted by Crippen LogP contribution is -2.10. The van der Waals surface area contributed by atoms with Crippen molar-refractivity contribution in [2.75, 3.05) is 0 Å². The highest BCUT2D eigenvalue weighted by molar-refractivity contribution is 5.80. The van der Waals surface area contributed by atoms with E-state index >= 15 is 0 Å². The molecule has 0 bridgehead atoms. The number of rotatable bonds is 2. The molecule has 1 unspecified atom stereocenters. The molecule has 0 spiro atoms. The van der Waals surface area contributed by atoms with Gasteiger partial charge in [0.25, 0.3) is 0 Å². The van der Waals surface area contributed by atoms with Crippen molar-refractivity contribution in [2.45, 2.75) is 6.10 Å². The number of aliphatic hydroxyl groups excluding tert-OH is 1. The molecule has 2 rings (SSSR count). The standard InChI is InChI=1S/C10H7N3O3/c11-4-8-12-6-2-1-5(3-7(6)13-8)9(14)10(15)16/h1-3,9,14H,(H,12,13)(H,15,16). The molecule has 16 heavy (non-hydrogen) atoms. The van der Waals surface area contributed by atoms with Gasteiger partial charge in [0.2, 0.25) is 5.82 Å². The number of aliphatic hydroxyl groups is 1. The van der Waals surface area contributed by atoms with Crippen LogP contribution in [0.1, 0.15) is 17.5 Å². The van der Waals surface area contributed by atoms with Crippen LogP contribution in [0, 0.1) is 11.3 Å². The maximum Gasteiger partial charge on any atom is 0.337 e. The molecule has 1 aromatic carbocycles. The van der Waals surface area contributed by atoms with E-state index in [0.717, 1.165) is 0 Å². The number of benzene rings is 1. The van der Waals surface area contributed by atoms with E-state index in [1.807, 2.05) is 6.07 Å².